The molecular formula is C22H23FN4O2. The Kier molecular flexibility index (Phi) is 5.31. The van der Waals surface area contributed by atoms with Crippen molar-refractivity contribution < 1.29 is 13.9 Å². The highest BCUT2D eigenvalue weighted by Crippen LogP contribution is 2.29. The summed E-state index contributed by atoms with van der Waals surface area (Å²) < 4.78 is 21.1. The van der Waals surface area contributed by atoms with E-state index in [-0.39, 0.29) is 17.8 Å². The zero-order valence-corrected chi connectivity index (χ0v) is 16.2. The lowest BCUT2D eigenvalue weighted by molar-refractivity contribution is -0.122. The minimum atomic E-state index is -0.348. The smallest absolute Gasteiger partial charge is 0.234 e. The Labute approximate surface area is 168 Å². The Hall–Kier alpha value is -3.19. The Morgan fingerprint density at radius 2 is 2.00 bits per heavy atom. The Bertz CT molecular complexity index is 1020. The number of benzene rings is 2. The largest absolute Gasteiger partial charge is 0.497 e. The van der Waals surface area contributed by atoms with Gasteiger partial charge in [0.25, 0.3) is 0 Å². The number of hydrogen-bond donors (Lipinski definition) is 1. The van der Waals surface area contributed by atoms with Crippen molar-refractivity contribution in [3.8, 4) is 22.7 Å². The van der Waals surface area contributed by atoms with E-state index in [9.17, 15) is 9.18 Å². The number of nitrogens with zero attached hydrogens (tertiary/aromatic N) is 3. The van der Waals surface area contributed by atoms with Crippen LogP contribution in [0, 0.1) is 5.82 Å². The lowest BCUT2D eigenvalue weighted by Gasteiger charge is -2.21. The average Bonchev–Trinajstić information content (AvgIpc) is 3.36. The predicted molar refractivity (Wildman–Crippen MR) is 108 cm³/mol. The summed E-state index contributed by atoms with van der Waals surface area (Å²) in [7, 11) is 1.62. The maximum atomic E-state index is 14.3. The number of methoxy groups -OCH3 is 1. The summed E-state index contributed by atoms with van der Waals surface area (Å²) >= 11 is 0. The van der Waals surface area contributed by atoms with Crippen LogP contribution in [-0.4, -0.2) is 40.3 Å². The summed E-state index contributed by atoms with van der Waals surface area (Å²) in [5.74, 6) is 0.0891. The fourth-order valence-corrected chi connectivity index (χ4v) is 3.83. The molecule has 1 aromatic heterocycles. The molecule has 1 aliphatic rings. The molecule has 1 amide bonds. The first-order chi connectivity index (χ1) is 14.1. The van der Waals surface area contributed by atoms with Crippen LogP contribution in [0.25, 0.3) is 16.9 Å². The molecule has 7 heteroatoms. The van der Waals surface area contributed by atoms with Crippen molar-refractivity contribution in [2.45, 2.75) is 25.4 Å². The van der Waals surface area contributed by atoms with E-state index in [1.165, 1.54) is 6.07 Å². The number of nitrogens with two attached hydrogens (primary N) is 1. The number of amides is 1. The number of likely N-dealkylation sites (tertiary alicyclic amines) is 1. The van der Waals surface area contributed by atoms with E-state index < -0.39 is 0 Å². The van der Waals surface area contributed by atoms with E-state index in [0.29, 0.717) is 12.2 Å². The zero-order valence-electron chi connectivity index (χ0n) is 16.2. The highest BCUT2D eigenvalue weighted by atomic mass is 19.1. The van der Waals surface area contributed by atoms with Crippen LogP contribution in [0.3, 0.4) is 0 Å². The van der Waals surface area contributed by atoms with E-state index in [0.717, 1.165) is 42.0 Å². The number of primary amides is 1. The highest BCUT2D eigenvalue weighted by molar-refractivity contribution is 5.80. The second kappa shape index (κ2) is 8.05. The minimum absolute atomic E-state index is 0.282. The second-order valence-corrected chi connectivity index (χ2v) is 7.16. The number of rotatable bonds is 6. The van der Waals surface area contributed by atoms with Crippen LogP contribution >= 0.6 is 0 Å². The van der Waals surface area contributed by atoms with Crippen molar-refractivity contribution >= 4 is 5.91 Å². The van der Waals surface area contributed by atoms with Gasteiger partial charge < -0.3 is 10.5 Å². The van der Waals surface area contributed by atoms with Gasteiger partial charge in [-0.3, -0.25) is 9.69 Å². The number of halogens is 1. The van der Waals surface area contributed by atoms with Gasteiger partial charge in [0.05, 0.1) is 18.8 Å². The molecule has 3 aromatic rings. The number of carbonyl (C=O) groups is 1. The van der Waals surface area contributed by atoms with Gasteiger partial charge >= 0.3 is 0 Å². The Morgan fingerprint density at radius 3 is 2.69 bits per heavy atom. The molecule has 1 atom stereocenters. The maximum Gasteiger partial charge on any atom is 0.234 e. The molecule has 29 heavy (non-hydrogen) atoms. The zero-order chi connectivity index (χ0) is 20.4. The SMILES string of the molecule is COc1ccc(-c2nn(-c3ccccc3F)cc2CN2CCCC2C(N)=O)cc1. The van der Waals surface area contributed by atoms with E-state index in [2.05, 4.69) is 10.00 Å². The van der Waals surface area contributed by atoms with Gasteiger partial charge in [-0.15, -0.1) is 0 Å². The van der Waals surface area contributed by atoms with Crippen molar-refractivity contribution in [1.29, 1.82) is 0 Å². The van der Waals surface area contributed by atoms with Crippen molar-refractivity contribution in [3.05, 3.63) is 66.1 Å². The molecular weight excluding hydrogens is 371 g/mol. The minimum Gasteiger partial charge on any atom is -0.497 e. The van der Waals surface area contributed by atoms with Crippen LogP contribution in [0.1, 0.15) is 18.4 Å². The first kappa shape index (κ1) is 19.1. The summed E-state index contributed by atoms with van der Waals surface area (Å²) in [4.78, 5) is 13.9. The van der Waals surface area contributed by atoms with Gasteiger partial charge in [0.1, 0.15) is 17.3 Å². The molecule has 1 fully saturated rings. The highest BCUT2D eigenvalue weighted by Gasteiger charge is 2.30. The van der Waals surface area contributed by atoms with Crippen LogP contribution in [-0.2, 0) is 11.3 Å². The molecule has 1 aliphatic heterocycles. The molecule has 0 saturated carbocycles. The van der Waals surface area contributed by atoms with Crippen LogP contribution in [0.4, 0.5) is 4.39 Å². The summed E-state index contributed by atoms with van der Waals surface area (Å²) in [5.41, 5.74) is 8.50. The van der Waals surface area contributed by atoms with E-state index in [1.54, 1.807) is 30.0 Å². The van der Waals surface area contributed by atoms with Crippen LogP contribution in [0.15, 0.2) is 54.7 Å². The third-order valence-corrected chi connectivity index (χ3v) is 5.32. The maximum absolute atomic E-state index is 14.3. The van der Waals surface area contributed by atoms with Crippen molar-refractivity contribution in [1.82, 2.24) is 14.7 Å². The van der Waals surface area contributed by atoms with E-state index >= 15 is 0 Å². The molecule has 0 bridgehead atoms. The molecule has 0 aliphatic carbocycles. The van der Waals surface area contributed by atoms with E-state index in [4.69, 9.17) is 10.5 Å². The molecule has 4 rings (SSSR count). The predicted octanol–water partition coefficient (Wildman–Crippen LogP) is 3.14. The summed E-state index contributed by atoms with van der Waals surface area (Å²) in [6.45, 7) is 1.31. The van der Waals surface area contributed by atoms with Gasteiger partial charge in [-0.2, -0.15) is 5.10 Å². The van der Waals surface area contributed by atoms with Crippen LogP contribution < -0.4 is 10.5 Å². The number of para-hydroxylation sites is 1. The fourth-order valence-electron chi connectivity index (χ4n) is 3.83. The molecule has 0 radical (unpaired) electrons. The molecule has 2 heterocycles. The Balaban J connectivity index is 1.75. The number of aromatic nitrogens is 2. The molecule has 2 N–H and O–H groups in total. The van der Waals surface area contributed by atoms with E-state index in [1.807, 2.05) is 30.5 Å². The van der Waals surface area contributed by atoms with Gasteiger partial charge in [-0.05, 0) is 55.8 Å². The third kappa shape index (κ3) is 3.86. The number of carbonyl (C=O) groups excluding carboxylic acids is 1. The summed E-state index contributed by atoms with van der Waals surface area (Å²) in [6, 6.07) is 13.8. The molecule has 6 nitrogen and oxygen atoms in total. The summed E-state index contributed by atoms with van der Waals surface area (Å²) in [5, 5.41) is 4.67. The number of hydrogen-bond acceptors (Lipinski definition) is 4. The molecule has 1 saturated heterocycles. The first-order valence-corrected chi connectivity index (χ1v) is 9.58. The normalized spacial score (nSPS) is 16.8. The fraction of sp³-hybridized carbons (Fsp3) is 0.273. The second-order valence-electron chi connectivity index (χ2n) is 7.16. The Morgan fingerprint density at radius 1 is 1.24 bits per heavy atom. The quantitative estimate of drug-likeness (QED) is 0.697. The standard InChI is InChI=1S/C22H23FN4O2/c1-29-17-10-8-15(9-11-17)21-16(13-26-12-4-7-20(26)22(24)28)14-27(25-21)19-6-3-2-5-18(19)23/h2-3,5-6,8-11,14,20H,4,7,12-13H2,1H3,(H2,24,28). The average molecular weight is 394 g/mol. The first-order valence-electron chi connectivity index (χ1n) is 9.58. The van der Waals surface area contributed by atoms with Gasteiger partial charge in [0.2, 0.25) is 5.91 Å². The lowest BCUT2D eigenvalue weighted by Crippen LogP contribution is -2.39. The van der Waals surface area contributed by atoms with Gasteiger partial charge in [-0.1, -0.05) is 12.1 Å². The molecule has 2 aromatic carbocycles. The molecule has 0 spiro atoms. The van der Waals surface area contributed by atoms with Gasteiger partial charge in [-0.25, -0.2) is 9.07 Å². The monoisotopic (exact) mass is 394 g/mol. The van der Waals surface area contributed by atoms with Crippen LogP contribution in [0.5, 0.6) is 5.75 Å². The molecule has 150 valence electrons. The third-order valence-electron chi connectivity index (χ3n) is 5.32. The van der Waals surface area contributed by atoms with Crippen molar-refractivity contribution in [3.63, 3.8) is 0 Å². The topological polar surface area (TPSA) is 73.4 Å². The number of ether oxygens (including phenoxy) is 1. The lowest BCUT2D eigenvalue weighted by atomic mass is 10.1. The summed E-state index contributed by atoms with van der Waals surface area (Å²) in [6.07, 6.45) is 3.51. The van der Waals surface area contributed by atoms with Crippen LogP contribution in [0.2, 0.25) is 0 Å². The molecule has 1 unspecified atom stereocenters. The van der Waals surface area contributed by atoms with Crippen molar-refractivity contribution in [2.24, 2.45) is 5.73 Å². The van der Waals surface area contributed by atoms with Gasteiger partial charge in [0.15, 0.2) is 0 Å². The van der Waals surface area contributed by atoms with Crippen molar-refractivity contribution in [2.75, 3.05) is 13.7 Å². The van der Waals surface area contributed by atoms with Gasteiger partial charge in [0, 0.05) is 23.9 Å².